The van der Waals surface area contributed by atoms with Crippen molar-refractivity contribution in [3.63, 3.8) is 0 Å². The van der Waals surface area contributed by atoms with Crippen molar-refractivity contribution < 1.29 is 9.90 Å². The summed E-state index contributed by atoms with van der Waals surface area (Å²) in [6.07, 6.45) is 7.94. The fraction of sp³-hybridized carbons (Fsp3) is 0.667. The van der Waals surface area contributed by atoms with E-state index in [0.29, 0.717) is 12.2 Å². The van der Waals surface area contributed by atoms with Gasteiger partial charge >= 0.3 is 0 Å². The molecule has 106 valence electrons. The third-order valence-electron chi connectivity index (χ3n) is 4.10. The number of aliphatic hydroxyl groups is 1. The first-order chi connectivity index (χ1) is 9.02. The molecule has 1 aliphatic rings. The highest BCUT2D eigenvalue weighted by Crippen LogP contribution is 2.26. The minimum absolute atomic E-state index is 0.0947. The number of amides is 1. The molecule has 1 heterocycles. The summed E-state index contributed by atoms with van der Waals surface area (Å²) in [5.41, 5.74) is 0.927. The van der Waals surface area contributed by atoms with Gasteiger partial charge in [-0.2, -0.15) is 0 Å². The Morgan fingerprint density at radius 3 is 2.53 bits per heavy atom. The number of nitrogens with zero attached hydrogens (tertiary/aromatic N) is 1. The standard InChI is InChI=1S/C15H24N2O2/c1-12-7-10-17(2)13(12)14(18)16-11-15(19)8-5-3-4-6-9-15/h7,10,19H,3-6,8-9,11H2,1-2H3,(H,16,18). The average Bonchev–Trinajstić information content (AvgIpc) is 2.59. The fourth-order valence-corrected chi connectivity index (χ4v) is 2.89. The second-order valence-corrected chi connectivity index (χ2v) is 5.78. The second kappa shape index (κ2) is 5.78. The molecule has 0 radical (unpaired) electrons. The number of carbonyl (C=O) groups is 1. The van der Waals surface area contributed by atoms with Gasteiger partial charge in [0.15, 0.2) is 0 Å². The van der Waals surface area contributed by atoms with Crippen molar-refractivity contribution >= 4 is 5.91 Å². The van der Waals surface area contributed by atoms with Gasteiger partial charge in [0.2, 0.25) is 0 Å². The summed E-state index contributed by atoms with van der Waals surface area (Å²) in [6, 6.07) is 1.93. The molecule has 1 aromatic rings. The van der Waals surface area contributed by atoms with Gasteiger partial charge in [0.25, 0.3) is 5.91 Å². The van der Waals surface area contributed by atoms with Gasteiger partial charge in [-0.1, -0.05) is 25.7 Å². The molecule has 1 saturated carbocycles. The quantitative estimate of drug-likeness (QED) is 0.822. The van der Waals surface area contributed by atoms with Crippen molar-refractivity contribution in [2.24, 2.45) is 7.05 Å². The Bertz CT molecular complexity index is 423. The smallest absolute Gasteiger partial charge is 0.268 e. The van der Waals surface area contributed by atoms with Gasteiger partial charge in [-0.15, -0.1) is 0 Å². The fourth-order valence-electron chi connectivity index (χ4n) is 2.89. The molecule has 1 fully saturated rings. The topological polar surface area (TPSA) is 54.3 Å². The van der Waals surface area contributed by atoms with Crippen molar-refractivity contribution in [1.29, 1.82) is 0 Å². The molecule has 0 bridgehead atoms. The normalized spacial score (nSPS) is 18.9. The highest BCUT2D eigenvalue weighted by Gasteiger charge is 2.28. The van der Waals surface area contributed by atoms with E-state index >= 15 is 0 Å². The number of aryl methyl sites for hydroxylation is 2. The Kier molecular flexibility index (Phi) is 4.30. The van der Waals surface area contributed by atoms with Crippen molar-refractivity contribution in [3.05, 3.63) is 23.5 Å². The minimum atomic E-state index is -0.717. The Hall–Kier alpha value is -1.29. The summed E-state index contributed by atoms with van der Waals surface area (Å²) < 4.78 is 1.82. The number of carbonyl (C=O) groups excluding carboxylic acids is 1. The van der Waals surface area contributed by atoms with Crippen LogP contribution in [0, 0.1) is 6.92 Å². The van der Waals surface area contributed by atoms with Crippen LogP contribution in [0.3, 0.4) is 0 Å². The highest BCUT2D eigenvalue weighted by molar-refractivity contribution is 5.94. The van der Waals surface area contributed by atoms with Gasteiger partial charge in [0.05, 0.1) is 5.60 Å². The van der Waals surface area contributed by atoms with Crippen molar-refractivity contribution in [2.45, 2.75) is 51.0 Å². The molecule has 2 rings (SSSR count). The molecule has 1 amide bonds. The summed E-state index contributed by atoms with van der Waals surface area (Å²) in [6.45, 7) is 2.28. The van der Waals surface area contributed by atoms with E-state index in [1.54, 1.807) is 0 Å². The lowest BCUT2D eigenvalue weighted by Crippen LogP contribution is -2.43. The molecule has 4 nitrogen and oxygen atoms in total. The van der Waals surface area contributed by atoms with Gasteiger partial charge < -0.3 is 15.0 Å². The maximum Gasteiger partial charge on any atom is 0.268 e. The Balaban J connectivity index is 1.96. The van der Waals surface area contributed by atoms with Crippen LogP contribution in [0.2, 0.25) is 0 Å². The molecule has 4 heteroatoms. The summed E-state index contributed by atoms with van der Waals surface area (Å²) in [5, 5.41) is 13.4. The summed E-state index contributed by atoms with van der Waals surface area (Å²) in [4.78, 5) is 12.2. The van der Waals surface area contributed by atoms with Crippen LogP contribution in [0.25, 0.3) is 0 Å². The zero-order valence-corrected chi connectivity index (χ0v) is 11.9. The molecule has 19 heavy (non-hydrogen) atoms. The van der Waals surface area contributed by atoms with E-state index in [1.807, 2.05) is 30.8 Å². The van der Waals surface area contributed by atoms with E-state index in [2.05, 4.69) is 5.32 Å². The van der Waals surface area contributed by atoms with E-state index in [0.717, 1.165) is 31.2 Å². The van der Waals surface area contributed by atoms with Crippen LogP contribution < -0.4 is 5.32 Å². The maximum absolute atomic E-state index is 12.2. The van der Waals surface area contributed by atoms with Crippen molar-refractivity contribution in [1.82, 2.24) is 9.88 Å². The molecule has 0 aromatic carbocycles. The number of rotatable bonds is 3. The van der Waals surface area contributed by atoms with Gasteiger partial charge in [0.1, 0.15) is 5.69 Å². The van der Waals surface area contributed by atoms with Gasteiger partial charge in [-0.3, -0.25) is 4.79 Å². The lowest BCUT2D eigenvalue weighted by molar-refractivity contribution is 0.0245. The van der Waals surface area contributed by atoms with E-state index in [9.17, 15) is 9.90 Å². The third-order valence-corrected chi connectivity index (χ3v) is 4.10. The average molecular weight is 264 g/mol. The molecule has 0 unspecified atom stereocenters. The summed E-state index contributed by atoms with van der Waals surface area (Å²) in [5.74, 6) is -0.0947. The molecule has 0 spiro atoms. The SMILES string of the molecule is Cc1ccn(C)c1C(=O)NCC1(O)CCCCCC1. The predicted octanol–water partition coefficient (Wildman–Crippen LogP) is 2.15. The first kappa shape index (κ1) is 14.1. The van der Waals surface area contributed by atoms with Crippen molar-refractivity contribution in [3.8, 4) is 0 Å². The molecule has 2 N–H and O–H groups in total. The third kappa shape index (κ3) is 3.38. The minimum Gasteiger partial charge on any atom is -0.388 e. The molecule has 0 aliphatic heterocycles. The monoisotopic (exact) mass is 264 g/mol. The van der Waals surface area contributed by atoms with E-state index < -0.39 is 5.60 Å². The highest BCUT2D eigenvalue weighted by atomic mass is 16.3. The lowest BCUT2D eigenvalue weighted by Gasteiger charge is -2.26. The van der Waals surface area contributed by atoms with Gasteiger partial charge in [-0.25, -0.2) is 0 Å². The first-order valence-electron chi connectivity index (χ1n) is 7.14. The zero-order chi connectivity index (χ0) is 13.9. The number of nitrogens with one attached hydrogen (secondary N) is 1. The van der Waals surface area contributed by atoms with Crippen LogP contribution in [0.5, 0.6) is 0 Å². The van der Waals surface area contributed by atoms with E-state index in [-0.39, 0.29) is 5.91 Å². The molecular formula is C15H24N2O2. The second-order valence-electron chi connectivity index (χ2n) is 5.78. The van der Waals surface area contributed by atoms with Crippen LogP contribution in [-0.4, -0.2) is 27.7 Å². The van der Waals surface area contributed by atoms with E-state index in [1.165, 1.54) is 12.8 Å². The van der Waals surface area contributed by atoms with Crippen LogP contribution >= 0.6 is 0 Å². The van der Waals surface area contributed by atoms with Crippen LogP contribution in [-0.2, 0) is 7.05 Å². The number of hydrogen-bond donors (Lipinski definition) is 2. The number of hydrogen-bond acceptors (Lipinski definition) is 2. The van der Waals surface area contributed by atoms with E-state index in [4.69, 9.17) is 0 Å². The van der Waals surface area contributed by atoms with Crippen LogP contribution in [0.4, 0.5) is 0 Å². The zero-order valence-electron chi connectivity index (χ0n) is 11.9. The molecule has 1 aliphatic carbocycles. The largest absolute Gasteiger partial charge is 0.388 e. The van der Waals surface area contributed by atoms with Crippen LogP contribution in [0.1, 0.15) is 54.6 Å². The molecule has 0 atom stereocenters. The molecular weight excluding hydrogens is 240 g/mol. The lowest BCUT2D eigenvalue weighted by atomic mass is 9.94. The molecule has 0 saturated heterocycles. The predicted molar refractivity (Wildman–Crippen MR) is 75.1 cm³/mol. The Labute approximate surface area is 114 Å². The summed E-state index contributed by atoms with van der Waals surface area (Å²) in [7, 11) is 1.86. The van der Waals surface area contributed by atoms with Gasteiger partial charge in [0, 0.05) is 19.8 Å². The Morgan fingerprint density at radius 1 is 1.37 bits per heavy atom. The van der Waals surface area contributed by atoms with Crippen LogP contribution in [0.15, 0.2) is 12.3 Å². The van der Waals surface area contributed by atoms with Crippen molar-refractivity contribution in [2.75, 3.05) is 6.54 Å². The number of aromatic nitrogens is 1. The summed E-state index contributed by atoms with van der Waals surface area (Å²) >= 11 is 0. The first-order valence-corrected chi connectivity index (χ1v) is 7.14. The maximum atomic E-state index is 12.2. The Morgan fingerprint density at radius 2 is 2.00 bits per heavy atom. The molecule has 1 aromatic heterocycles. The van der Waals surface area contributed by atoms with Gasteiger partial charge in [-0.05, 0) is 31.4 Å².